The first-order valence-electron chi connectivity index (χ1n) is 5.15. The lowest BCUT2D eigenvalue weighted by atomic mass is 9.88. The van der Waals surface area contributed by atoms with E-state index in [9.17, 15) is 14.6 Å². The fraction of sp³-hybridized carbons (Fsp3) is 0.455. The normalized spacial score (nSPS) is 18.9. The molecule has 16 heavy (non-hydrogen) atoms. The molecular formula is C11H13ClFNO2. The Morgan fingerprint density at radius 3 is 2.44 bits per heavy atom. The molecule has 2 rings (SSSR count). The molecular weight excluding hydrogens is 233 g/mol. The van der Waals surface area contributed by atoms with Gasteiger partial charge in [-0.15, -0.1) is 0 Å². The fourth-order valence-corrected chi connectivity index (χ4v) is 2.51. The van der Waals surface area contributed by atoms with Crippen molar-refractivity contribution in [1.82, 2.24) is 0 Å². The Kier molecular flexibility index (Phi) is 2.72. The molecule has 0 atom stereocenters. The molecule has 1 fully saturated rings. The van der Waals surface area contributed by atoms with Gasteiger partial charge in [0.05, 0.1) is 10.6 Å². The molecule has 3 nitrogen and oxygen atoms in total. The number of benzene rings is 1. The van der Waals surface area contributed by atoms with E-state index in [1.807, 2.05) is 0 Å². The molecule has 1 aliphatic rings. The second-order valence-corrected chi connectivity index (χ2v) is 4.69. The molecule has 1 aromatic rings. The summed E-state index contributed by atoms with van der Waals surface area (Å²) in [5.74, 6) is -1.66. The van der Waals surface area contributed by atoms with Crippen molar-refractivity contribution >= 4 is 11.6 Å². The lowest BCUT2D eigenvalue weighted by Gasteiger charge is -2.26. The van der Waals surface area contributed by atoms with Gasteiger partial charge in [0.1, 0.15) is 0 Å². The van der Waals surface area contributed by atoms with Crippen molar-refractivity contribution in [3.05, 3.63) is 22.5 Å². The summed E-state index contributed by atoms with van der Waals surface area (Å²) in [6, 6.07) is 0.980. The molecule has 0 bridgehead atoms. The van der Waals surface area contributed by atoms with Crippen LogP contribution in [0.5, 0.6) is 11.5 Å². The average molecular weight is 246 g/mol. The second-order valence-electron chi connectivity index (χ2n) is 4.28. The number of phenolic OH excluding ortho intramolecular Hbond substituents is 2. The second kappa shape index (κ2) is 3.79. The van der Waals surface area contributed by atoms with Crippen LogP contribution in [0, 0.1) is 5.82 Å². The fourth-order valence-electron chi connectivity index (χ4n) is 2.31. The molecule has 0 aromatic heterocycles. The Hall–Kier alpha value is -1.00. The van der Waals surface area contributed by atoms with Gasteiger partial charge in [0.2, 0.25) is 0 Å². The van der Waals surface area contributed by atoms with Gasteiger partial charge in [-0.25, -0.2) is 4.39 Å². The van der Waals surface area contributed by atoms with Crippen molar-refractivity contribution in [2.45, 2.75) is 31.2 Å². The van der Waals surface area contributed by atoms with E-state index >= 15 is 0 Å². The first-order valence-corrected chi connectivity index (χ1v) is 5.53. The molecule has 1 aromatic carbocycles. The lowest BCUT2D eigenvalue weighted by molar-refractivity contribution is 0.359. The molecule has 0 aliphatic heterocycles. The first-order chi connectivity index (χ1) is 7.46. The quantitative estimate of drug-likeness (QED) is 0.667. The predicted molar refractivity (Wildman–Crippen MR) is 59.1 cm³/mol. The number of hydrogen-bond donors (Lipinski definition) is 3. The van der Waals surface area contributed by atoms with E-state index in [4.69, 9.17) is 17.3 Å². The van der Waals surface area contributed by atoms with Gasteiger partial charge in [0, 0.05) is 11.6 Å². The SMILES string of the molecule is NC1(c2c(O)c(O)cc(Cl)c2F)CCCC1. The Labute approximate surface area is 97.6 Å². The van der Waals surface area contributed by atoms with Crippen LogP contribution in [-0.2, 0) is 5.54 Å². The molecule has 0 unspecified atom stereocenters. The third-order valence-electron chi connectivity index (χ3n) is 3.17. The third kappa shape index (κ3) is 1.62. The Balaban J connectivity index is 2.63. The molecule has 0 saturated heterocycles. The smallest absolute Gasteiger partial charge is 0.165 e. The van der Waals surface area contributed by atoms with Gasteiger partial charge in [0.25, 0.3) is 0 Å². The zero-order valence-corrected chi connectivity index (χ0v) is 9.39. The standard InChI is InChI=1S/C11H13ClFNO2/c12-6-5-7(15)10(16)8(9(6)13)11(14)3-1-2-4-11/h5,15-16H,1-4,14H2. The molecule has 0 amide bonds. The summed E-state index contributed by atoms with van der Waals surface area (Å²) in [4.78, 5) is 0. The maximum absolute atomic E-state index is 13.9. The minimum absolute atomic E-state index is 0.0602. The van der Waals surface area contributed by atoms with Crippen molar-refractivity contribution in [1.29, 1.82) is 0 Å². The highest BCUT2D eigenvalue weighted by Crippen LogP contribution is 2.46. The van der Waals surface area contributed by atoms with E-state index in [1.165, 1.54) is 0 Å². The van der Waals surface area contributed by atoms with Gasteiger partial charge in [-0.1, -0.05) is 24.4 Å². The molecule has 4 N–H and O–H groups in total. The minimum Gasteiger partial charge on any atom is -0.504 e. The van der Waals surface area contributed by atoms with E-state index in [2.05, 4.69) is 0 Å². The van der Waals surface area contributed by atoms with Crippen LogP contribution in [0.25, 0.3) is 0 Å². The average Bonchev–Trinajstić information content (AvgIpc) is 2.63. The lowest BCUT2D eigenvalue weighted by Crippen LogP contribution is -2.34. The van der Waals surface area contributed by atoms with Gasteiger partial charge in [-0.2, -0.15) is 0 Å². The van der Waals surface area contributed by atoms with Crippen molar-refractivity contribution in [2.24, 2.45) is 5.73 Å². The zero-order chi connectivity index (χ0) is 11.9. The van der Waals surface area contributed by atoms with Gasteiger partial charge in [-0.3, -0.25) is 0 Å². The topological polar surface area (TPSA) is 66.5 Å². The van der Waals surface area contributed by atoms with E-state index in [0.717, 1.165) is 18.9 Å². The van der Waals surface area contributed by atoms with E-state index in [0.29, 0.717) is 12.8 Å². The summed E-state index contributed by atoms with van der Waals surface area (Å²) < 4.78 is 13.9. The van der Waals surface area contributed by atoms with E-state index in [-0.39, 0.29) is 10.6 Å². The molecule has 1 aliphatic carbocycles. The van der Waals surface area contributed by atoms with Crippen LogP contribution in [-0.4, -0.2) is 10.2 Å². The highest BCUT2D eigenvalue weighted by molar-refractivity contribution is 6.31. The Bertz CT molecular complexity index is 404. The molecule has 88 valence electrons. The van der Waals surface area contributed by atoms with Crippen molar-refractivity contribution in [3.63, 3.8) is 0 Å². The van der Waals surface area contributed by atoms with E-state index < -0.39 is 22.9 Å². The summed E-state index contributed by atoms with van der Waals surface area (Å²) in [6.45, 7) is 0. The van der Waals surface area contributed by atoms with Crippen LogP contribution in [0.4, 0.5) is 4.39 Å². The van der Waals surface area contributed by atoms with Gasteiger partial charge < -0.3 is 15.9 Å². The van der Waals surface area contributed by atoms with Gasteiger partial charge in [0.15, 0.2) is 17.3 Å². The van der Waals surface area contributed by atoms with Crippen LogP contribution in [0.1, 0.15) is 31.2 Å². The predicted octanol–water partition coefficient (Wildman–Crippen LogP) is 2.62. The van der Waals surface area contributed by atoms with Crippen LogP contribution in [0.3, 0.4) is 0 Å². The first kappa shape index (κ1) is 11.5. The maximum atomic E-state index is 13.9. The van der Waals surface area contributed by atoms with Gasteiger partial charge >= 0.3 is 0 Å². The highest BCUT2D eigenvalue weighted by atomic mass is 35.5. The zero-order valence-electron chi connectivity index (χ0n) is 8.63. The van der Waals surface area contributed by atoms with Gasteiger partial charge in [-0.05, 0) is 12.8 Å². The van der Waals surface area contributed by atoms with Crippen LogP contribution in [0.2, 0.25) is 5.02 Å². The summed E-state index contributed by atoms with van der Waals surface area (Å²) in [7, 11) is 0. The van der Waals surface area contributed by atoms with Crippen molar-refractivity contribution in [2.75, 3.05) is 0 Å². The monoisotopic (exact) mass is 245 g/mol. The largest absolute Gasteiger partial charge is 0.504 e. The highest BCUT2D eigenvalue weighted by Gasteiger charge is 2.37. The number of aromatic hydroxyl groups is 2. The number of halogens is 2. The summed E-state index contributed by atoms with van der Waals surface area (Å²) in [5.41, 5.74) is 5.07. The number of rotatable bonds is 1. The summed E-state index contributed by atoms with van der Waals surface area (Å²) >= 11 is 5.63. The molecule has 0 spiro atoms. The molecule has 5 heteroatoms. The summed E-state index contributed by atoms with van der Waals surface area (Å²) in [6.07, 6.45) is 2.92. The molecule has 1 saturated carbocycles. The third-order valence-corrected chi connectivity index (χ3v) is 3.44. The minimum atomic E-state index is -0.920. The number of phenols is 2. The van der Waals surface area contributed by atoms with E-state index in [1.54, 1.807) is 0 Å². The van der Waals surface area contributed by atoms with Crippen LogP contribution in [0.15, 0.2) is 6.07 Å². The number of hydrogen-bond acceptors (Lipinski definition) is 3. The van der Waals surface area contributed by atoms with Crippen LogP contribution >= 0.6 is 11.6 Å². The van der Waals surface area contributed by atoms with Crippen molar-refractivity contribution < 1.29 is 14.6 Å². The molecule has 0 radical (unpaired) electrons. The summed E-state index contributed by atoms with van der Waals surface area (Å²) in [5, 5.41) is 18.9. The molecule has 0 heterocycles. The van der Waals surface area contributed by atoms with Crippen LogP contribution < -0.4 is 5.73 Å². The maximum Gasteiger partial charge on any atom is 0.165 e. The van der Waals surface area contributed by atoms with Crippen molar-refractivity contribution in [3.8, 4) is 11.5 Å². The Morgan fingerprint density at radius 1 is 1.31 bits per heavy atom. The Morgan fingerprint density at radius 2 is 1.88 bits per heavy atom. The number of nitrogens with two attached hydrogens (primary N) is 1.